The largest absolute Gasteiger partial charge is 0.545 e. The fourth-order valence-corrected chi connectivity index (χ4v) is 1.35. The molecule has 0 saturated heterocycles. The molecule has 5 heteroatoms. The molecule has 1 aromatic heterocycles. The van der Waals surface area contributed by atoms with Crippen LogP contribution in [0.25, 0.3) is 0 Å². The van der Waals surface area contributed by atoms with Crippen molar-refractivity contribution in [1.82, 2.24) is 14.8 Å². The molecular weight excluding hydrogens is 194 g/mol. The second-order valence-corrected chi connectivity index (χ2v) is 3.04. The zero-order valence-corrected chi connectivity index (χ0v) is 7.83. The molecule has 2 aromatic rings. The summed E-state index contributed by atoms with van der Waals surface area (Å²) >= 11 is 0. The summed E-state index contributed by atoms with van der Waals surface area (Å²) in [6.07, 6.45) is 2.94. The number of rotatable bonds is 3. The molecule has 0 amide bonds. The van der Waals surface area contributed by atoms with Crippen molar-refractivity contribution in [3.63, 3.8) is 0 Å². The topological polar surface area (TPSA) is 70.8 Å². The minimum Gasteiger partial charge on any atom is -0.545 e. The first kappa shape index (κ1) is 9.39. The second kappa shape index (κ2) is 3.91. The van der Waals surface area contributed by atoms with E-state index in [0.717, 1.165) is 0 Å². The van der Waals surface area contributed by atoms with Crippen molar-refractivity contribution in [3.8, 4) is 0 Å². The summed E-state index contributed by atoms with van der Waals surface area (Å²) in [5.74, 6) is -1.18. The van der Waals surface area contributed by atoms with Gasteiger partial charge in [0, 0.05) is 5.56 Å². The van der Waals surface area contributed by atoms with Crippen LogP contribution in [0.1, 0.15) is 15.9 Å². The van der Waals surface area contributed by atoms with Gasteiger partial charge in [-0.2, -0.15) is 5.10 Å². The summed E-state index contributed by atoms with van der Waals surface area (Å²) < 4.78 is 1.56. The first-order valence-corrected chi connectivity index (χ1v) is 4.39. The predicted molar refractivity (Wildman–Crippen MR) is 49.9 cm³/mol. The molecular formula is C10H8N3O2-. The Kier molecular flexibility index (Phi) is 2.45. The van der Waals surface area contributed by atoms with Crippen LogP contribution in [0.2, 0.25) is 0 Å². The van der Waals surface area contributed by atoms with E-state index in [9.17, 15) is 9.90 Å². The molecule has 0 aliphatic carbocycles. The van der Waals surface area contributed by atoms with Crippen LogP contribution in [0.15, 0.2) is 36.9 Å². The number of aromatic nitrogens is 3. The highest BCUT2D eigenvalue weighted by atomic mass is 16.4. The highest BCUT2D eigenvalue weighted by Crippen LogP contribution is 2.08. The lowest BCUT2D eigenvalue weighted by Gasteiger charge is -2.09. The molecule has 0 spiro atoms. The minimum atomic E-state index is -1.18. The van der Waals surface area contributed by atoms with E-state index >= 15 is 0 Å². The number of hydrogen-bond acceptors (Lipinski definition) is 4. The van der Waals surface area contributed by atoms with Gasteiger partial charge in [0.1, 0.15) is 12.7 Å². The van der Waals surface area contributed by atoms with E-state index < -0.39 is 5.97 Å². The van der Waals surface area contributed by atoms with E-state index in [-0.39, 0.29) is 5.56 Å². The standard InChI is InChI=1S/C10H9N3O2/c14-10(15)9-4-2-1-3-8(9)5-13-7-11-6-12-13/h1-4,6-7H,5H2,(H,14,15)/p-1. The van der Waals surface area contributed by atoms with E-state index in [0.29, 0.717) is 12.1 Å². The minimum absolute atomic E-state index is 0.188. The van der Waals surface area contributed by atoms with Crippen LogP contribution in [-0.2, 0) is 6.54 Å². The van der Waals surface area contributed by atoms with Crippen LogP contribution in [0.5, 0.6) is 0 Å². The second-order valence-electron chi connectivity index (χ2n) is 3.04. The van der Waals surface area contributed by atoms with Crippen LogP contribution in [0.4, 0.5) is 0 Å². The van der Waals surface area contributed by atoms with Gasteiger partial charge in [0.15, 0.2) is 0 Å². The molecule has 0 aliphatic heterocycles. The molecule has 15 heavy (non-hydrogen) atoms. The van der Waals surface area contributed by atoms with Crippen LogP contribution in [-0.4, -0.2) is 20.7 Å². The number of nitrogens with zero attached hydrogens (tertiary/aromatic N) is 3. The Labute approximate surface area is 86.0 Å². The van der Waals surface area contributed by atoms with Gasteiger partial charge >= 0.3 is 0 Å². The molecule has 5 nitrogen and oxygen atoms in total. The van der Waals surface area contributed by atoms with E-state index in [1.165, 1.54) is 18.7 Å². The van der Waals surface area contributed by atoms with E-state index in [1.807, 2.05) is 0 Å². The summed E-state index contributed by atoms with van der Waals surface area (Å²) in [6.45, 7) is 0.379. The van der Waals surface area contributed by atoms with Gasteiger partial charge in [-0.25, -0.2) is 9.67 Å². The average molecular weight is 202 g/mol. The first-order chi connectivity index (χ1) is 7.27. The van der Waals surface area contributed by atoms with Gasteiger partial charge in [-0.1, -0.05) is 24.3 Å². The summed E-state index contributed by atoms with van der Waals surface area (Å²) in [4.78, 5) is 14.6. The molecule has 0 bridgehead atoms. The highest BCUT2D eigenvalue weighted by molar-refractivity contribution is 5.87. The number of carboxylic acids is 1. The van der Waals surface area contributed by atoms with Crippen LogP contribution in [0, 0.1) is 0 Å². The van der Waals surface area contributed by atoms with Gasteiger partial charge in [0.2, 0.25) is 0 Å². The van der Waals surface area contributed by atoms with Gasteiger partial charge in [-0.05, 0) is 5.56 Å². The monoisotopic (exact) mass is 202 g/mol. The van der Waals surface area contributed by atoms with Crippen LogP contribution in [0.3, 0.4) is 0 Å². The van der Waals surface area contributed by atoms with E-state index in [2.05, 4.69) is 10.1 Å². The lowest BCUT2D eigenvalue weighted by atomic mass is 10.1. The summed E-state index contributed by atoms with van der Waals surface area (Å²) in [7, 11) is 0. The third-order valence-electron chi connectivity index (χ3n) is 2.04. The molecule has 76 valence electrons. The van der Waals surface area contributed by atoms with Crippen molar-refractivity contribution >= 4 is 5.97 Å². The van der Waals surface area contributed by atoms with Gasteiger partial charge in [0.25, 0.3) is 0 Å². The normalized spacial score (nSPS) is 10.1. The van der Waals surface area contributed by atoms with Crippen LogP contribution < -0.4 is 5.11 Å². The van der Waals surface area contributed by atoms with Crippen molar-refractivity contribution < 1.29 is 9.90 Å². The lowest BCUT2D eigenvalue weighted by Crippen LogP contribution is -2.24. The van der Waals surface area contributed by atoms with Gasteiger partial charge in [-0.15, -0.1) is 0 Å². The third-order valence-corrected chi connectivity index (χ3v) is 2.04. The van der Waals surface area contributed by atoms with Crippen molar-refractivity contribution in [2.75, 3.05) is 0 Å². The first-order valence-electron chi connectivity index (χ1n) is 4.39. The summed E-state index contributed by atoms with van der Waals surface area (Å²) in [5, 5.41) is 14.7. The van der Waals surface area contributed by atoms with Crippen LogP contribution >= 0.6 is 0 Å². The van der Waals surface area contributed by atoms with Crippen molar-refractivity contribution in [2.24, 2.45) is 0 Å². The molecule has 0 unspecified atom stereocenters. The number of carbonyl (C=O) groups excluding carboxylic acids is 1. The summed E-state index contributed by atoms with van der Waals surface area (Å²) in [5.41, 5.74) is 0.844. The SMILES string of the molecule is O=C([O-])c1ccccc1Cn1cncn1. The highest BCUT2D eigenvalue weighted by Gasteiger charge is 2.03. The molecule has 0 aliphatic rings. The Morgan fingerprint density at radius 1 is 1.40 bits per heavy atom. The zero-order chi connectivity index (χ0) is 10.7. The van der Waals surface area contributed by atoms with Crippen molar-refractivity contribution in [2.45, 2.75) is 6.54 Å². The van der Waals surface area contributed by atoms with Gasteiger partial charge in [0.05, 0.1) is 12.5 Å². The molecule has 0 radical (unpaired) electrons. The van der Waals surface area contributed by atoms with Crippen molar-refractivity contribution in [1.29, 1.82) is 0 Å². The maximum atomic E-state index is 10.8. The van der Waals surface area contributed by atoms with E-state index in [1.54, 1.807) is 22.9 Å². The Morgan fingerprint density at radius 3 is 2.87 bits per heavy atom. The Hall–Kier alpha value is -2.17. The van der Waals surface area contributed by atoms with Gasteiger partial charge < -0.3 is 9.90 Å². The maximum Gasteiger partial charge on any atom is 0.137 e. The Bertz CT molecular complexity index is 465. The molecule has 2 rings (SSSR count). The summed E-state index contributed by atoms with van der Waals surface area (Å²) in [6, 6.07) is 6.68. The van der Waals surface area contributed by atoms with Gasteiger partial charge in [-0.3, -0.25) is 0 Å². The Balaban J connectivity index is 2.32. The van der Waals surface area contributed by atoms with Crippen molar-refractivity contribution in [3.05, 3.63) is 48.0 Å². The maximum absolute atomic E-state index is 10.8. The number of carbonyl (C=O) groups is 1. The zero-order valence-electron chi connectivity index (χ0n) is 7.83. The smallest absolute Gasteiger partial charge is 0.137 e. The molecule has 1 heterocycles. The average Bonchev–Trinajstić information content (AvgIpc) is 2.71. The lowest BCUT2D eigenvalue weighted by molar-refractivity contribution is -0.255. The Morgan fingerprint density at radius 2 is 2.20 bits per heavy atom. The third kappa shape index (κ3) is 2.01. The fourth-order valence-electron chi connectivity index (χ4n) is 1.35. The molecule has 1 aromatic carbocycles. The number of aromatic carboxylic acids is 1. The predicted octanol–water partition coefficient (Wildman–Crippen LogP) is -0.310. The molecule has 0 atom stereocenters. The quantitative estimate of drug-likeness (QED) is 0.684. The fraction of sp³-hybridized carbons (Fsp3) is 0.100. The molecule has 0 fully saturated rings. The number of carboxylic acid groups (broad SMARTS) is 1. The van der Waals surface area contributed by atoms with E-state index in [4.69, 9.17) is 0 Å². The molecule has 0 saturated carbocycles. The number of hydrogen-bond donors (Lipinski definition) is 0. The molecule has 0 N–H and O–H groups in total. The number of benzene rings is 1.